The van der Waals surface area contributed by atoms with Gasteiger partial charge in [-0.15, -0.1) is 10.2 Å². The summed E-state index contributed by atoms with van der Waals surface area (Å²) >= 11 is 0. The zero-order valence-corrected chi connectivity index (χ0v) is 17.4. The first-order valence-electron chi connectivity index (χ1n) is 10.3. The number of aromatic nitrogens is 3. The van der Waals surface area contributed by atoms with Crippen LogP contribution in [0.4, 0.5) is 11.4 Å². The highest BCUT2D eigenvalue weighted by atomic mass is 16.3. The Morgan fingerprint density at radius 1 is 1.19 bits per heavy atom. The predicted octanol–water partition coefficient (Wildman–Crippen LogP) is 4.28. The molecule has 0 fully saturated rings. The third kappa shape index (κ3) is 3.59. The highest BCUT2D eigenvalue weighted by Crippen LogP contribution is 2.33. The van der Waals surface area contributed by atoms with E-state index in [1.807, 2.05) is 41.9 Å². The van der Waals surface area contributed by atoms with Gasteiger partial charge in [-0.2, -0.15) is 0 Å². The van der Waals surface area contributed by atoms with E-state index < -0.39 is 0 Å². The van der Waals surface area contributed by atoms with Crippen molar-refractivity contribution in [1.82, 2.24) is 14.8 Å². The van der Waals surface area contributed by atoms with E-state index in [0.717, 1.165) is 17.8 Å². The van der Waals surface area contributed by atoms with Crippen molar-refractivity contribution in [3.8, 4) is 11.4 Å². The smallest absolute Gasteiger partial charge is 0.259 e. The Kier molecular flexibility index (Phi) is 4.78. The van der Waals surface area contributed by atoms with Crippen molar-refractivity contribution in [2.75, 3.05) is 10.2 Å². The molecular formula is C24H23N5O2. The lowest BCUT2D eigenvalue weighted by Crippen LogP contribution is -2.29. The summed E-state index contributed by atoms with van der Waals surface area (Å²) in [4.78, 5) is 15.3. The summed E-state index contributed by atoms with van der Waals surface area (Å²) in [6, 6.07) is 18.0. The molecule has 0 radical (unpaired) electrons. The molecule has 3 heterocycles. The second-order valence-corrected chi connectivity index (χ2v) is 7.87. The molecule has 31 heavy (non-hydrogen) atoms. The van der Waals surface area contributed by atoms with Crippen LogP contribution in [0.25, 0.3) is 11.4 Å². The molecule has 1 N–H and O–H groups in total. The monoisotopic (exact) mass is 413 g/mol. The van der Waals surface area contributed by atoms with Crippen LogP contribution in [0, 0.1) is 0 Å². The van der Waals surface area contributed by atoms with Gasteiger partial charge in [0.05, 0.1) is 18.4 Å². The van der Waals surface area contributed by atoms with Gasteiger partial charge in [0, 0.05) is 30.0 Å². The Balaban J connectivity index is 1.36. The van der Waals surface area contributed by atoms with Crippen LogP contribution in [0.1, 0.15) is 28.6 Å². The minimum atomic E-state index is -0.195. The normalized spacial score (nSPS) is 15.2. The van der Waals surface area contributed by atoms with Crippen molar-refractivity contribution in [3.05, 3.63) is 84.1 Å². The quantitative estimate of drug-likeness (QED) is 0.529. The fourth-order valence-electron chi connectivity index (χ4n) is 4.17. The van der Waals surface area contributed by atoms with E-state index in [1.54, 1.807) is 18.7 Å². The minimum Gasteiger partial charge on any atom is -0.467 e. The molecule has 0 saturated heterocycles. The van der Waals surface area contributed by atoms with Crippen LogP contribution in [-0.2, 0) is 20.0 Å². The van der Waals surface area contributed by atoms with Gasteiger partial charge in [-0.1, -0.05) is 30.3 Å². The number of fused-ring (bicyclic) bond motifs is 1. The third-order valence-electron chi connectivity index (χ3n) is 5.74. The lowest BCUT2D eigenvalue weighted by molar-refractivity contribution is 0.102. The average molecular weight is 413 g/mol. The molecule has 7 nitrogen and oxygen atoms in total. The number of rotatable bonds is 5. The molecule has 7 heteroatoms. The molecule has 1 amide bonds. The van der Waals surface area contributed by atoms with Gasteiger partial charge in [-0.3, -0.25) is 4.79 Å². The highest BCUT2D eigenvalue weighted by molar-refractivity contribution is 6.05. The fourth-order valence-corrected chi connectivity index (χ4v) is 4.17. The number of anilines is 2. The Morgan fingerprint density at radius 2 is 2.06 bits per heavy atom. The van der Waals surface area contributed by atoms with Gasteiger partial charge in [-0.25, -0.2) is 0 Å². The number of furan rings is 1. The maximum atomic E-state index is 13.0. The van der Waals surface area contributed by atoms with Crippen molar-refractivity contribution in [2.24, 2.45) is 7.05 Å². The molecule has 1 unspecified atom stereocenters. The van der Waals surface area contributed by atoms with E-state index in [4.69, 9.17) is 4.42 Å². The highest BCUT2D eigenvalue weighted by Gasteiger charge is 2.28. The Hall–Kier alpha value is -3.87. The van der Waals surface area contributed by atoms with E-state index in [1.165, 1.54) is 11.3 Å². The molecule has 1 aliphatic heterocycles. The summed E-state index contributed by atoms with van der Waals surface area (Å²) in [7, 11) is 1.88. The van der Waals surface area contributed by atoms with Crippen LogP contribution < -0.4 is 10.2 Å². The first-order valence-corrected chi connectivity index (χ1v) is 10.3. The van der Waals surface area contributed by atoms with E-state index in [9.17, 15) is 4.79 Å². The van der Waals surface area contributed by atoms with Crippen molar-refractivity contribution in [2.45, 2.75) is 25.9 Å². The van der Waals surface area contributed by atoms with E-state index in [2.05, 4.69) is 45.5 Å². The SMILES string of the molecule is CC1Cc2ccccc2N1Cc1occc1C(=O)Nc1cccc(-c2nncn2C)c1. The van der Waals surface area contributed by atoms with Crippen LogP contribution in [0.15, 0.2) is 71.6 Å². The van der Waals surface area contributed by atoms with Gasteiger partial charge < -0.3 is 19.2 Å². The van der Waals surface area contributed by atoms with Gasteiger partial charge in [-0.05, 0) is 43.2 Å². The van der Waals surface area contributed by atoms with Crippen molar-refractivity contribution in [1.29, 1.82) is 0 Å². The molecule has 0 bridgehead atoms. The summed E-state index contributed by atoms with van der Waals surface area (Å²) in [6.07, 6.45) is 4.22. The number of benzene rings is 2. The second kappa shape index (κ2) is 7.75. The molecule has 156 valence electrons. The minimum absolute atomic E-state index is 0.195. The molecule has 1 atom stereocenters. The number of hydrogen-bond acceptors (Lipinski definition) is 5. The standard InChI is InChI=1S/C24H23N5O2/c1-16-12-17-6-3-4-9-21(17)29(16)14-22-20(10-11-31-22)24(30)26-19-8-5-7-18(13-19)23-27-25-15-28(23)2/h3-11,13,15-16H,12,14H2,1-2H3,(H,26,30). The molecule has 4 aromatic rings. The molecule has 2 aromatic heterocycles. The Labute approximate surface area is 180 Å². The number of nitrogens with zero attached hydrogens (tertiary/aromatic N) is 4. The first-order chi connectivity index (χ1) is 15.1. The molecular weight excluding hydrogens is 390 g/mol. The molecule has 5 rings (SSSR count). The maximum absolute atomic E-state index is 13.0. The summed E-state index contributed by atoms with van der Waals surface area (Å²) < 4.78 is 7.56. The molecule has 0 aliphatic carbocycles. The van der Waals surface area contributed by atoms with Gasteiger partial charge >= 0.3 is 0 Å². The van der Waals surface area contributed by atoms with Crippen molar-refractivity contribution >= 4 is 17.3 Å². The number of amides is 1. The van der Waals surface area contributed by atoms with E-state index in [0.29, 0.717) is 29.6 Å². The van der Waals surface area contributed by atoms with Crippen LogP contribution in [-0.4, -0.2) is 26.7 Å². The maximum Gasteiger partial charge on any atom is 0.259 e. The predicted molar refractivity (Wildman–Crippen MR) is 119 cm³/mol. The van der Waals surface area contributed by atoms with Gasteiger partial charge in [0.25, 0.3) is 5.91 Å². The molecule has 1 aliphatic rings. The number of carbonyl (C=O) groups excluding carboxylic acids is 1. The van der Waals surface area contributed by atoms with Crippen LogP contribution >= 0.6 is 0 Å². The number of aryl methyl sites for hydroxylation is 1. The molecule has 2 aromatic carbocycles. The Bertz CT molecular complexity index is 1240. The van der Waals surface area contributed by atoms with Crippen molar-refractivity contribution < 1.29 is 9.21 Å². The van der Waals surface area contributed by atoms with E-state index in [-0.39, 0.29) is 5.91 Å². The molecule has 0 spiro atoms. The topological polar surface area (TPSA) is 76.2 Å². The summed E-state index contributed by atoms with van der Waals surface area (Å²) in [5.41, 5.74) is 4.65. The largest absolute Gasteiger partial charge is 0.467 e. The number of carbonyl (C=O) groups is 1. The summed E-state index contributed by atoms with van der Waals surface area (Å²) in [6.45, 7) is 2.74. The van der Waals surface area contributed by atoms with Crippen molar-refractivity contribution in [3.63, 3.8) is 0 Å². The van der Waals surface area contributed by atoms with Crippen LogP contribution in [0.5, 0.6) is 0 Å². The number of hydrogen-bond donors (Lipinski definition) is 1. The third-order valence-corrected chi connectivity index (χ3v) is 5.74. The summed E-state index contributed by atoms with van der Waals surface area (Å²) in [5.74, 6) is 1.20. The van der Waals surface area contributed by atoms with Crippen LogP contribution in [0.2, 0.25) is 0 Å². The number of nitrogens with one attached hydrogen (secondary N) is 1. The van der Waals surface area contributed by atoms with E-state index >= 15 is 0 Å². The Morgan fingerprint density at radius 3 is 2.90 bits per heavy atom. The summed E-state index contributed by atoms with van der Waals surface area (Å²) in [5, 5.41) is 11.0. The van der Waals surface area contributed by atoms with Gasteiger partial charge in [0.1, 0.15) is 12.1 Å². The van der Waals surface area contributed by atoms with Gasteiger partial charge in [0.15, 0.2) is 5.82 Å². The lowest BCUT2D eigenvalue weighted by atomic mass is 10.1. The molecule has 0 saturated carbocycles. The lowest BCUT2D eigenvalue weighted by Gasteiger charge is -2.24. The zero-order chi connectivity index (χ0) is 21.4. The second-order valence-electron chi connectivity index (χ2n) is 7.87. The van der Waals surface area contributed by atoms with Gasteiger partial charge in [0.2, 0.25) is 0 Å². The zero-order valence-electron chi connectivity index (χ0n) is 17.4. The first kappa shape index (κ1) is 19.1. The number of para-hydroxylation sites is 1. The average Bonchev–Trinajstić information content (AvgIpc) is 3.48. The van der Waals surface area contributed by atoms with Crippen LogP contribution in [0.3, 0.4) is 0 Å². The fraction of sp³-hybridized carbons (Fsp3) is 0.208.